The van der Waals surface area contributed by atoms with E-state index in [-0.39, 0.29) is 11.8 Å². The van der Waals surface area contributed by atoms with Crippen molar-refractivity contribution in [2.75, 3.05) is 44.3 Å². The van der Waals surface area contributed by atoms with Crippen molar-refractivity contribution in [1.82, 2.24) is 14.9 Å². The van der Waals surface area contributed by atoms with Gasteiger partial charge in [0, 0.05) is 49.5 Å². The van der Waals surface area contributed by atoms with Gasteiger partial charge in [0.2, 0.25) is 5.88 Å². The number of aromatic nitrogens is 2. The topological polar surface area (TPSA) is 67.8 Å². The predicted octanol–water partition coefficient (Wildman–Crippen LogP) is 4.74. The van der Waals surface area contributed by atoms with Gasteiger partial charge in [-0.15, -0.1) is 0 Å². The number of aryl methyl sites for hydroxylation is 1. The van der Waals surface area contributed by atoms with Crippen LogP contribution in [0.3, 0.4) is 0 Å². The number of para-hydroxylation sites is 1. The Hall–Kier alpha value is -3.45. The van der Waals surface area contributed by atoms with E-state index >= 15 is 0 Å². The molecular weight excluding hydrogens is 440 g/mol. The van der Waals surface area contributed by atoms with Crippen molar-refractivity contribution in [2.45, 2.75) is 32.6 Å². The van der Waals surface area contributed by atoms with E-state index in [4.69, 9.17) is 14.5 Å². The van der Waals surface area contributed by atoms with Gasteiger partial charge in [-0.05, 0) is 56.0 Å². The lowest BCUT2D eigenvalue weighted by Crippen LogP contribution is -2.40. The Kier molecular flexibility index (Phi) is 6.95. The van der Waals surface area contributed by atoms with E-state index in [9.17, 15) is 4.79 Å². The van der Waals surface area contributed by atoms with Gasteiger partial charge in [0.25, 0.3) is 5.91 Å². The number of anilines is 1. The Morgan fingerprint density at radius 3 is 2.69 bits per heavy atom. The summed E-state index contributed by atoms with van der Waals surface area (Å²) in [5, 5.41) is 0. The summed E-state index contributed by atoms with van der Waals surface area (Å²) in [5.41, 5.74) is 4.85. The van der Waals surface area contributed by atoms with Crippen LogP contribution in [0.1, 0.15) is 45.9 Å². The highest BCUT2D eigenvalue weighted by molar-refractivity contribution is 5.97. The second kappa shape index (κ2) is 10.4. The molecular formula is C28H32N4O3. The van der Waals surface area contributed by atoms with Gasteiger partial charge < -0.3 is 19.3 Å². The monoisotopic (exact) mass is 472 g/mol. The third kappa shape index (κ3) is 5.15. The number of hydrogen-bond donors (Lipinski definition) is 0. The number of piperidine rings is 1. The molecule has 2 saturated heterocycles. The lowest BCUT2D eigenvalue weighted by atomic mass is 9.94. The summed E-state index contributed by atoms with van der Waals surface area (Å²) in [4.78, 5) is 27.0. The summed E-state index contributed by atoms with van der Waals surface area (Å²) >= 11 is 0. The minimum absolute atomic E-state index is 0.0857. The second-order valence-corrected chi connectivity index (χ2v) is 9.29. The maximum atomic E-state index is 13.6. The van der Waals surface area contributed by atoms with E-state index in [1.165, 1.54) is 0 Å². The first kappa shape index (κ1) is 23.3. The number of likely N-dealkylation sites (tertiary alicyclic amines) is 1. The van der Waals surface area contributed by atoms with E-state index in [0.29, 0.717) is 12.4 Å². The lowest BCUT2D eigenvalue weighted by Gasteiger charge is -2.34. The molecule has 0 aliphatic carbocycles. The van der Waals surface area contributed by atoms with E-state index in [0.717, 1.165) is 79.5 Å². The standard InChI is InChI=1S/C28H32N4O3/c1-20-7-3-4-11-26(20)35-27-18-29-17-24(30-27)22-8-6-12-32(19-22)28(33)23-9-5-10-25(21(23)2)31-13-15-34-16-14-31/h3-5,7,9-11,17-18,22H,6,8,12-16,19H2,1-2H3/t22-/m0/s1. The number of hydrogen-bond acceptors (Lipinski definition) is 6. The highest BCUT2D eigenvalue weighted by Gasteiger charge is 2.28. The Labute approximate surface area is 206 Å². The summed E-state index contributed by atoms with van der Waals surface area (Å²) in [7, 11) is 0. The fraction of sp³-hybridized carbons (Fsp3) is 0.393. The second-order valence-electron chi connectivity index (χ2n) is 9.29. The highest BCUT2D eigenvalue weighted by atomic mass is 16.5. The van der Waals surface area contributed by atoms with Gasteiger partial charge in [0.05, 0.1) is 25.1 Å². The van der Waals surface area contributed by atoms with Crippen LogP contribution in [-0.4, -0.2) is 60.2 Å². The van der Waals surface area contributed by atoms with Crippen LogP contribution in [0.5, 0.6) is 11.6 Å². The molecule has 3 aromatic rings. The van der Waals surface area contributed by atoms with Crippen molar-refractivity contribution in [3.63, 3.8) is 0 Å². The molecule has 0 unspecified atom stereocenters. The molecule has 0 N–H and O–H groups in total. The lowest BCUT2D eigenvalue weighted by molar-refractivity contribution is 0.0705. The molecule has 7 nitrogen and oxygen atoms in total. The van der Waals surface area contributed by atoms with E-state index in [1.807, 2.05) is 48.2 Å². The average Bonchev–Trinajstić information content (AvgIpc) is 2.90. The largest absolute Gasteiger partial charge is 0.437 e. The number of benzene rings is 2. The van der Waals surface area contributed by atoms with Gasteiger partial charge in [-0.3, -0.25) is 9.78 Å². The number of ether oxygens (including phenoxy) is 2. The third-order valence-corrected chi connectivity index (χ3v) is 6.95. The van der Waals surface area contributed by atoms with Gasteiger partial charge in [0.15, 0.2) is 0 Å². The molecule has 0 bridgehead atoms. The summed E-state index contributed by atoms with van der Waals surface area (Å²) in [6.45, 7) is 8.59. The number of amides is 1. The van der Waals surface area contributed by atoms with Gasteiger partial charge in [-0.1, -0.05) is 24.3 Å². The van der Waals surface area contributed by atoms with Crippen LogP contribution in [0.4, 0.5) is 5.69 Å². The number of carbonyl (C=O) groups excluding carboxylic acids is 1. The summed E-state index contributed by atoms with van der Waals surface area (Å²) in [6.07, 6.45) is 5.35. The first-order valence-corrected chi connectivity index (χ1v) is 12.4. The molecule has 182 valence electrons. The number of rotatable bonds is 5. The minimum Gasteiger partial charge on any atom is -0.437 e. The molecule has 7 heteroatoms. The van der Waals surface area contributed by atoms with E-state index < -0.39 is 0 Å². The summed E-state index contributed by atoms with van der Waals surface area (Å²) in [5.74, 6) is 1.47. The molecule has 5 rings (SSSR count). The Morgan fingerprint density at radius 1 is 1.03 bits per heavy atom. The van der Waals surface area contributed by atoms with Gasteiger partial charge in [0.1, 0.15) is 5.75 Å². The molecule has 1 atom stereocenters. The molecule has 0 saturated carbocycles. The summed E-state index contributed by atoms with van der Waals surface area (Å²) in [6, 6.07) is 13.9. The normalized spacial score (nSPS) is 18.4. The Balaban J connectivity index is 1.32. The van der Waals surface area contributed by atoms with Crippen molar-refractivity contribution in [3.05, 3.63) is 77.2 Å². The fourth-order valence-electron chi connectivity index (χ4n) is 4.97. The van der Waals surface area contributed by atoms with Crippen LogP contribution < -0.4 is 9.64 Å². The molecule has 3 heterocycles. The van der Waals surface area contributed by atoms with Gasteiger partial charge in [-0.25, -0.2) is 4.98 Å². The smallest absolute Gasteiger partial charge is 0.254 e. The maximum absolute atomic E-state index is 13.6. The van der Waals surface area contributed by atoms with Crippen LogP contribution in [-0.2, 0) is 4.74 Å². The van der Waals surface area contributed by atoms with Crippen molar-refractivity contribution in [2.24, 2.45) is 0 Å². The maximum Gasteiger partial charge on any atom is 0.254 e. The molecule has 35 heavy (non-hydrogen) atoms. The molecule has 1 aromatic heterocycles. The summed E-state index contributed by atoms with van der Waals surface area (Å²) < 4.78 is 11.5. The van der Waals surface area contributed by atoms with Crippen LogP contribution >= 0.6 is 0 Å². The molecule has 2 aliphatic rings. The first-order valence-electron chi connectivity index (χ1n) is 12.4. The number of carbonyl (C=O) groups is 1. The minimum atomic E-state index is 0.0857. The van der Waals surface area contributed by atoms with Crippen molar-refractivity contribution >= 4 is 11.6 Å². The molecule has 2 aromatic carbocycles. The van der Waals surface area contributed by atoms with Crippen molar-refractivity contribution in [1.29, 1.82) is 0 Å². The SMILES string of the molecule is Cc1ccccc1Oc1cncc([C@H]2CCCN(C(=O)c3cccc(N4CCOCC4)c3C)C2)n1. The number of morpholine rings is 1. The van der Waals surface area contributed by atoms with Crippen LogP contribution in [0.15, 0.2) is 54.9 Å². The first-order chi connectivity index (χ1) is 17.1. The predicted molar refractivity (Wildman–Crippen MR) is 135 cm³/mol. The molecule has 0 spiro atoms. The Morgan fingerprint density at radius 2 is 1.86 bits per heavy atom. The van der Waals surface area contributed by atoms with Crippen molar-refractivity contribution in [3.8, 4) is 11.6 Å². The number of nitrogens with zero attached hydrogens (tertiary/aromatic N) is 4. The molecule has 0 radical (unpaired) electrons. The fourth-order valence-corrected chi connectivity index (χ4v) is 4.97. The van der Waals surface area contributed by atoms with Crippen molar-refractivity contribution < 1.29 is 14.3 Å². The van der Waals surface area contributed by atoms with Crippen LogP contribution in [0.25, 0.3) is 0 Å². The van der Waals surface area contributed by atoms with E-state index in [1.54, 1.807) is 12.4 Å². The van der Waals surface area contributed by atoms with E-state index in [2.05, 4.69) is 22.9 Å². The zero-order chi connectivity index (χ0) is 24.2. The Bertz CT molecular complexity index is 1190. The highest BCUT2D eigenvalue weighted by Crippen LogP contribution is 2.31. The van der Waals surface area contributed by atoms with Crippen LogP contribution in [0, 0.1) is 13.8 Å². The zero-order valence-corrected chi connectivity index (χ0v) is 20.4. The third-order valence-electron chi connectivity index (χ3n) is 6.95. The van der Waals surface area contributed by atoms with Crippen LogP contribution in [0.2, 0.25) is 0 Å². The van der Waals surface area contributed by atoms with Gasteiger partial charge >= 0.3 is 0 Å². The molecule has 2 aliphatic heterocycles. The molecule has 2 fully saturated rings. The average molecular weight is 473 g/mol. The quantitative estimate of drug-likeness (QED) is 0.534. The molecule has 1 amide bonds. The van der Waals surface area contributed by atoms with Gasteiger partial charge in [-0.2, -0.15) is 0 Å². The zero-order valence-electron chi connectivity index (χ0n) is 20.4.